The highest BCUT2D eigenvalue weighted by Gasteiger charge is 2.30. The van der Waals surface area contributed by atoms with E-state index in [1.807, 2.05) is 0 Å². The first kappa shape index (κ1) is 16.2. The van der Waals surface area contributed by atoms with Crippen LogP contribution in [-0.4, -0.2) is 13.3 Å². The van der Waals surface area contributed by atoms with Crippen LogP contribution in [0.1, 0.15) is 5.56 Å². The van der Waals surface area contributed by atoms with Gasteiger partial charge in [-0.1, -0.05) is 0 Å². The number of halogens is 3. The van der Waals surface area contributed by atoms with Crippen LogP contribution in [-0.2, 0) is 16.2 Å². The molecule has 11 heteroatoms. The third kappa shape index (κ3) is 3.54. The lowest BCUT2D eigenvalue weighted by Gasteiger charge is -2.09. The molecule has 0 bridgehead atoms. The van der Waals surface area contributed by atoms with Crippen molar-refractivity contribution in [2.75, 3.05) is 4.72 Å². The van der Waals surface area contributed by atoms with E-state index >= 15 is 0 Å². The lowest BCUT2D eigenvalue weighted by atomic mass is 10.2. The molecule has 2 aromatic rings. The summed E-state index contributed by atoms with van der Waals surface area (Å²) in [4.78, 5) is 9.78. The van der Waals surface area contributed by atoms with Crippen LogP contribution in [0.15, 0.2) is 39.9 Å². The molecule has 0 atom stereocenters. The summed E-state index contributed by atoms with van der Waals surface area (Å²) in [6.45, 7) is 0. The number of nitrogens with one attached hydrogen (secondary N) is 1. The summed E-state index contributed by atoms with van der Waals surface area (Å²) in [7, 11) is -4.09. The van der Waals surface area contributed by atoms with Gasteiger partial charge in [0.2, 0.25) is 0 Å². The fourth-order valence-electron chi connectivity index (χ4n) is 1.48. The third-order valence-electron chi connectivity index (χ3n) is 2.50. The summed E-state index contributed by atoms with van der Waals surface area (Å²) in [5.41, 5.74) is -1.37. The first-order valence-corrected chi connectivity index (χ1v) is 7.89. The summed E-state index contributed by atoms with van der Waals surface area (Å²) >= 11 is 0.639. The molecule has 0 saturated carbocycles. The number of thiophene rings is 1. The monoisotopic (exact) mass is 352 g/mol. The van der Waals surface area contributed by atoms with E-state index in [0.717, 1.165) is 35.7 Å². The van der Waals surface area contributed by atoms with E-state index < -0.39 is 26.7 Å². The first-order valence-electron chi connectivity index (χ1n) is 5.52. The highest BCUT2D eigenvalue weighted by molar-refractivity contribution is 7.94. The van der Waals surface area contributed by atoms with E-state index in [0.29, 0.717) is 11.3 Å². The van der Waals surface area contributed by atoms with Gasteiger partial charge >= 0.3 is 6.18 Å². The topological polar surface area (TPSA) is 89.3 Å². The van der Waals surface area contributed by atoms with E-state index in [4.69, 9.17) is 0 Å². The van der Waals surface area contributed by atoms with Crippen molar-refractivity contribution in [2.24, 2.45) is 0 Å². The summed E-state index contributed by atoms with van der Waals surface area (Å²) in [6, 6.07) is 4.26. The van der Waals surface area contributed by atoms with Crippen molar-refractivity contribution in [2.45, 2.75) is 10.4 Å². The van der Waals surface area contributed by atoms with Gasteiger partial charge in [-0.05, 0) is 24.3 Å². The normalized spacial score (nSPS) is 12.1. The van der Waals surface area contributed by atoms with Gasteiger partial charge in [0.15, 0.2) is 0 Å². The quantitative estimate of drug-likeness (QED) is 0.674. The molecule has 118 valence electrons. The third-order valence-corrected chi connectivity index (χ3v) is 5.31. The van der Waals surface area contributed by atoms with Gasteiger partial charge in [0.05, 0.1) is 15.9 Å². The van der Waals surface area contributed by atoms with E-state index in [9.17, 15) is 31.7 Å². The molecule has 0 fully saturated rings. The van der Waals surface area contributed by atoms with Crippen molar-refractivity contribution in [3.05, 3.63) is 51.4 Å². The molecule has 0 saturated heterocycles. The second kappa shape index (κ2) is 5.57. The molecule has 0 aliphatic heterocycles. The van der Waals surface area contributed by atoms with Crippen LogP contribution in [0.3, 0.4) is 0 Å². The number of nitro groups is 1. The van der Waals surface area contributed by atoms with Crippen molar-refractivity contribution in [3.8, 4) is 0 Å². The molecule has 0 aliphatic rings. The van der Waals surface area contributed by atoms with Crippen molar-refractivity contribution >= 4 is 32.7 Å². The highest BCUT2D eigenvalue weighted by Crippen LogP contribution is 2.31. The average molecular weight is 352 g/mol. The minimum atomic E-state index is -4.52. The Morgan fingerprint density at radius 3 is 2.23 bits per heavy atom. The number of alkyl halides is 3. The molecular formula is C11H7F3N2O4S2. The number of benzene rings is 1. The molecule has 1 N–H and O–H groups in total. The highest BCUT2D eigenvalue weighted by atomic mass is 32.2. The van der Waals surface area contributed by atoms with Crippen LogP contribution in [0.25, 0.3) is 0 Å². The van der Waals surface area contributed by atoms with Gasteiger partial charge in [-0.25, -0.2) is 8.42 Å². The van der Waals surface area contributed by atoms with Gasteiger partial charge < -0.3 is 0 Å². The van der Waals surface area contributed by atoms with Gasteiger partial charge in [-0.15, -0.1) is 11.3 Å². The minimum absolute atomic E-state index is 0.0796. The summed E-state index contributed by atoms with van der Waals surface area (Å²) in [5.74, 6) is 0. The van der Waals surface area contributed by atoms with Gasteiger partial charge in [0, 0.05) is 11.8 Å². The van der Waals surface area contributed by atoms with Crippen molar-refractivity contribution in [3.63, 3.8) is 0 Å². The molecule has 0 radical (unpaired) electrons. The molecule has 1 aromatic carbocycles. The van der Waals surface area contributed by atoms with Crippen LogP contribution in [0, 0.1) is 10.1 Å². The number of nitrogens with zero attached hydrogens (tertiary/aromatic N) is 1. The molecule has 0 amide bonds. The second-order valence-electron chi connectivity index (χ2n) is 4.06. The number of anilines is 1. The standard InChI is InChI=1S/C11H7F3N2O4S2/c12-11(13,14)7-1-3-8(4-2-7)15-22(19,20)10-5-9(6-21-10)16(17)18/h1-6,15H. The Bertz CT molecular complexity index is 797. The molecule has 0 unspecified atom stereocenters. The summed E-state index contributed by atoms with van der Waals surface area (Å²) in [5, 5.41) is 11.6. The molecule has 0 spiro atoms. The number of hydrogen-bond donors (Lipinski definition) is 1. The predicted molar refractivity (Wildman–Crippen MR) is 73.2 cm³/mol. The Kier molecular flexibility index (Phi) is 4.11. The van der Waals surface area contributed by atoms with E-state index in [1.54, 1.807) is 0 Å². The van der Waals surface area contributed by atoms with Gasteiger partial charge in [0.25, 0.3) is 15.7 Å². The Morgan fingerprint density at radius 1 is 1.18 bits per heavy atom. The predicted octanol–water partition coefficient (Wildman–Crippen LogP) is 3.48. The smallest absolute Gasteiger partial charge is 0.279 e. The molecule has 2 rings (SSSR count). The molecule has 1 heterocycles. The summed E-state index contributed by atoms with van der Waals surface area (Å²) < 4.78 is 62.9. The number of hydrogen-bond acceptors (Lipinski definition) is 5. The maximum atomic E-state index is 12.4. The minimum Gasteiger partial charge on any atom is -0.279 e. The zero-order chi connectivity index (χ0) is 16.5. The molecular weight excluding hydrogens is 345 g/mol. The van der Waals surface area contributed by atoms with Crippen molar-refractivity contribution in [1.82, 2.24) is 0 Å². The van der Waals surface area contributed by atoms with Crippen LogP contribution < -0.4 is 4.72 Å². The van der Waals surface area contributed by atoms with Crippen molar-refractivity contribution in [1.29, 1.82) is 0 Å². The average Bonchev–Trinajstić information content (AvgIpc) is 2.88. The van der Waals surface area contributed by atoms with Crippen molar-refractivity contribution < 1.29 is 26.5 Å². The molecule has 6 nitrogen and oxygen atoms in total. The lowest BCUT2D eigenvalue weighted by Crippen LogP contribution is -2.12. The zero-order valence-electron chi connectivity index (χ0n) is 10.5. The van der Waals surface area contributed by atoms with Gasteiger partial charge in [-0.3, -0.25) is 14.8 Å². The second-order valence-corrected chi connectivity index (χ2v) is 6.88. The van der Waals surface area contributed by atoms with E-state index in [-0.39, 0.29) is 15.6 Å². The lowest BCUT2D eigenvalue weighted by molar-refractivity contribution is -0.384. The zero-order valence-corrected chi connectivity index (χ0v) is 12.1. The van der Waals surface area contributed by atoms with Crippen LogP contribution in [0.2, 0.25) is 0 Å². The fourth-order valence-corrected chi connectivity index (χ4v) is 3.66. The van der Waals surface area contributed by atoms with Crippen LogP contribution in [0.4, 0.5) is 24.5 Å². The van der Waals surface area contributed by atoms with E-state index in [2.05, 4.69) is 4.72 Å². The Labute approximate surface area is 126 Å². The largest absolute Gasteiger partial charge is 0.416 e. The maximum absolute atomic E-state index is 12.4. The maximum Gasteiger partial charge on any atom is 0.416 e. The Balaban J connectivity index is 2.23. The number of sulfonamides is 1. The Morgan fingerprint density at radius 2 is 1.77 bits per heavy atom. The van der Waals surface area contributed by atoms with Crippen LogP contribution >= 0.6 is 11.3 Å². The SMILES string of the molecule is O=[N+]([O-])c1csc(S(=O)(=O)Nc2ccc(C(F)(F)F)cc2)c1. The summed E-state index contributed by atoms with van der Waals surface area (Å²) in [6.07, 6.45) is -4.52. The number of rotatable bonds is 4. The molecule has 0 aliphatic carbocycles. The molecule has 22 heavy (non-hydrogen) atoms. The van der Waals surface area contributed by atoms with Gasteiger partial charge in [0.1, 0.15) is 4.21 Å². The van der Waals surface area contributed by atoms with Gasteiger partial charge in [-0.2, -0.15) is 13.2 Å². The first-order chi connectivity index (χ1) is 10.1. The molecule has 1 aromatic heterocycles. The fraction of sp³-hybridized carbons (Fsp3) is 0.0909. The van der Waals surface area contributed by atoms with Crippen LogP contribution in [0.5, 0.6) is 0 Å². The van der Waals surface area contributed by atoms with E-state index in [1.165, 1.54) is 0 Å². The Hall–Kier alpha value is -2.14.